The van der Waals surface area contributed by atoms with E-state index in [-0.39, 0.29) is 17.0 Å². The molecule has 1 aliphatic heterocycles. The zero-order valence-electron chi connectivity index (χ0n) is 16.9. The Morgan fingerprint density at radius 1 is 1.10 bits per heavy atom. The van der Waals surface area contributed by atoms with Crippen molar-refractivity contribution >= 4 is 39.0 Å². The van der Waals surface area contributed by atoms with Crippen LogP contribution in [-0.2, 0) is 16.4 Å². The van der Waals surface area contributed by atoms with E-state index in [4.69, 9.17) is 11.6 Å². The highest BCUT2D eigenvalue weighted by Gasteiger charge is 2.28. The average Bonchev–Trinajstić information content (AvgIpc) is 3.15. The fraction of sp³-hybridized carbons (Fsp3) is 0.409. The number of carbonyl (C=O) groups excluding carboxylic acids is 1. The molecule has 1 heterocycles. The van der Waals surface area contributed by atoms with Gasteiger partial charge in [0.2, 0.25) is 0 Å². The van der Waals surface area contributed by atoms with Crippen LogP contribution in [0.1, 0.15) is 43.2 Å². The van der Waals surface area contributed by atoms with Crippen molar-refractivity contribution in [2.45, 2.75) is 56.4 Å². The number of hydrogen-bond donors (Lipinski definition) is 2. The number of hydrogen-bond acceptors (Lipinski definition) is 3. The highest BCUT2D eigenvalue weighted by molar-refractivity contribution is 7.92. The van der Waals surface area contributed by atoms with E-state index in [0.29, 0.717) is 23.7 Å². The molecule has 2 amide bonds. The highest BCUT2D eigenvalue weighted by atomic mass is 35.5. The SMILES string of the molecule is Cc1ccc(NS(=O)(=O)c2ccc3c(c2)CCN3C(=O)NC2CCCCC2)cc1Cl. The van der Waals surface area contributed by atoms with Crippen LogP contribution < -0.4 is 14.9 Å². The van der Waals surface area contributed by atoms with Crippen LogP contribution in [0.2, 0.25) is 5.02 Å². The summed E-state index contributed by atoms with van der Waals surface area (Å²) in [6.45, 7) is 2.41. The molecule has 0 unspecified atom stereocenters. The first kappa shape index (κ1) is 21.0. The molecule has 1 aliphatic carbocycles. The van der Waals surface area contributed by atoms with E-state index in [0.717, 1.165) is 42.5 Å². The van der Waals surface area contributed by atoms with Gasteiger partial charge in [-0.3, -0.25) is 9.62 Å². The largest absolute Gasteiger partial charge is 0.335 e. The van der Waals surface area contributed by atoms with Gasteiger partial charge in [0.15, 0.2) is 0 Å². The van der Waals surface area contributed by atoms with Crippen LogP contribution in [0.15, 0.2) is 41.3 Å². The number of aryl methyl sites for hydroxylation is 1. The van der Waals surface area contributed by atoms with Gasteiger partial charge < -0.3 is 5.32 Å². The fourth-order valence-corrected chi connectivity index (χ4v) is 5.41. The molecule has 1 saturated carbocycles. The Kier molecular flexibility index (Phi) is 5.93. The van der Waals surface area contributed by atoms with Gasteiger partial charge in [0.1, 0.15) is 0 Å². The molecule has 8 heteroatoms. The van der Waals surface area contributed by atoms with E-state index < -0.39 is 10.0 Å². The first-order valence-electron chi connectivity index (χ1n) is 10.3. The molecule has 0 saturated heterocycles. The van der Waals surface area contributed by atoms with E-state index in [1.165, 1.54) is 6.42 Å². The summed E-state index contributed by atoms with van der Waals surface area (Å²) in [6.07, 6.45) is 6.23. The number of halogens is 1. The number of sulfonamides is 1. The summed E-state index contributed by atoms with van der Waals surface area (Å²) in [5, 5.41) is 3.64. The number of carbonyl (C=O) groups is 1. The minimum Gasteiger partial charge on any atom is -0.335 e. The molecule has 0 atom stereocenters. The maximum Gasteiger partial charge on any atom is 0.322 e. The van der Waals surface area contributed by atoms with Gasteiger partial charge in [-0.15, -0.1) is 0 Å². The van der Waals surface area contributed by atoms with E-state index in [2.05, 4.69) is 10.0 Å². The van der Waals surface area contributed by atoms with Crippen molar-refractivity contribution in [3.05, 3.63) is 52.5 Å². The highest BCUT2D eigenvalue weighted by Crippen LogP contribution is 2.31. The fourth-order valence-electron chi connectivity index (χ4n) is 4.13. The van der Waals surface area contributed by atoms with Gasteiger partial charge in [0, 0.05) is 23.3 Å². The lowest BCUT2D eigenvalue weighted by Gasteiger charge is -2.26. The summed E-state index contributed by atoms with van der Waals surface area (Å²) in [5.74, 6) is 0. The maximum atomic E-state index is 12.8. The van der Waals surface area contributed by atoms with E-state index in [1.807, 2.05) is 6.92 Å². The van der Waals surface area contributed by atoms with E-state index in [9.17, 15) is 13.2 Å². The maximum absolute atomic E-state index is 12.8. The normalized spacial score (nSPS) is 16.9. The van der Waals surface area contributed by atoms with Crippen LogP contribution in [0.3, 0.4) is 0 Å². The molecule has 2 N–H and O–H groups in total. The summed E-state index contributed by atoms with van der Waals surface area (Å²) < 4.78 is 28.2. The lowest BCUT2D eigenvalue weighted by molar-refractivity contribution is 0.238. The summed E-state index contributed by atoms with van der Waals surface area (Å²) in [6, 6.07) is 10.1. The second-order valence-corrected chi connectivity index (χ2v) is 10.1. The third-order valence-electron chi connectivity index (χ3n) is 5.86. The van der Waals surface area contributed by atoms with Gasteiger partial charge >= 0.3 is 6.03 Å². The van der Waals surface area contributed by atoms with Crippen molar-refractivity contribution in [3.63, 3.8) is 0 Å². The second-order valence-electron chi connectivity index (χ2n) is 8.05. The van der Waals surface area contributed by atoms with Gasteiger partial charge in [-0.2, -0.15) is 0 Å². The molecule has 0 radical (unpaired) electrons. The van der Waals surface area contributed by atoms with E-state index >= 15 is 0 Å². The number of fused-ring (bicyclic) bond motifs is 1. The van der Waals surface area contributed by atoms with Crippen LogP contribution in [-0.4, -0.2) is 27.0 Å². The van der Waals surface area contributed by atoms with Gasteiger partial charge in [-0.25, -0.2) is 13.2 Å². The lowest BCUT2D eigenvalue weighted by atomic mass is 9.96. The number of benzene rings is 2. The minimum absolute atomic E-state index is 0.0938. The van der Waals surface area contributed by atoms with Crippen molar-refractivity contribution in [2.75, 3.05) is 16.2 Å². The van der Waals surface area contributed by atoms with Crippen LogP contribution in [0.5, 0.6) is 0 Å². The Morgan fingerprint density at radius 3 is 2.60 bits per heavy atom. The number of nitrogens with zero attached hydrogens (tertiary/aromatic N) is 1. The Balaban J connectivity index is 1.49. The number of rotatable bonds is 4. The molecular formula is C22H26ClN3O3S. The molecule has 4 rings (SSSR count). The van der Waals surface area contributed by atoms with Crippen LogP contribution in [0, 0.1) is 6.92 Å². The second kappa shape index (κ2) is 8.47. The van der Waals surface area contributed by atoms with Crippen molar-refractivity contribution in [2.24, 2.45) is 0 Å². The van der Waals surface area contributed by atoms with Crippen LogP contribution >= 0.6 is 11.6 Å². The van der Waals surface area contributed by atoms with Crippen molar-refractivity contribution in [1.29, 1.82) is 0 Å². The third kappa shape index (κ3) is 4.42. The first-order valence-corrected chi connectivity index (χ1v) is 12.2. The predicted octanol–water partition coefficient (Wildman–Crippen LogP) is 4.85. The van der Waals surface area contributed by atoms with Crippen LogP contribution in [0.25, 0.3) is 0 Å². The average molecular weight is 448 g/mol. The summed E-state index contributed by atoms with van der Waals surface area (Å²) in [4.78, 5) is 14.6. The smallest absolute Gasteiger partial charge is 0.322 e. The summed E-state index contributed by atoms with van der Waals surface area (Å²) in [5.41, 5.74) is 2.93. The van der Waals surface area contributed by atoms with Crippen molar-refractivity contribution < 1.29 is 13.2 Å². The van der Waals surface area contributed by atoms with Gasteiger partial charge in [0.25, 0.3) is 10.0 Å². The Hall–Kier alpha value is -2.25. The van der Waals surface area contributed by atoms with E-state index in [1.54, 1.807) is 41.3 Å². The number of anilines is 2. The molecule has 6 nitrogen and oxygen atoms in total. The topological polar surface area (TPSA) is 78.5 Å². The van der Waals surface area contributed by atoms with Gasteiger partial charge in [-0.1, -0.05) is 36.9 Å². The molecule has 0 aromatic heterocycles. The quantitative estimate of drug-likeness (QED) is 0.702. The Bertz CT molecular complexity index is 1070. The zero-order chi connectivity index (χ0) is 21.3. The summed E-state index contributed by atoms with van der Waals surface area (Å²) >= 11 is 6.10. The predicted molar refractivity (Wildman–Crippen MR) is 120 cm³/mol. The monoisotopic (exact) mass is 447 g/mol. The number of urea groups is 1. The summed E-state index contributed by atoms with van der Waals surface area (Å²) in [7, 11) is -3.75. The molecule has 1 fully saturated rings. The Morgan fingerprint density at radius 2 is 1.87 bits per heavy atom. The molecule has 2 aliphatic rings. The third-order valence-corrected chi connectivity index (χ3v) is 7.64. The molecule has 160 valence electrons. The van der Waals surface area contributed by atoms with Gasteiger partial charge in [-0.05, 0) is 67.6 Å². The number of amides is 2. The Labute approximate surface area is 182 Å². The molecular weight excluding hydrogens is 422 g/mol. The lowest BCUT2D eigenvalue weighted by Crippen LogP contribution is -2.45. The molecule has 30 heavy (non-hydrogen) atoms. The first-order chi connectivity index (χ1) is 14.3. The van der Waals surface area contributed by atoms with Crippen molar-refractivity contribution in [1.82, 2.24) is 5.32 Å². The molecule has 2 aromatic carbocycles. The number of nitrogens with one attached hydrogen (secondary N) is 2. The zero-order valence-corrected chi connectivity index (χ0v) is 18.5. The molecule has 0 spiro atoms. The van der Waals surface area contributed by atoms with Gasteiger partial charge in [0.05, 0.1) is 10.6 Å². The van der Waals surface area contributed by atoms with Crippen molar-refractivity contribution in [3.8, 4) is 0 Å². The minimum atomic E-state index is -3.75. The standard InChI is InChI=1S/C22H26ClN3O3S/c1-15-7-8-18(14-20(15)23)25-30(28,29)19-9-10-21-16(13-19)11-12-26(21)22(27)24-17-5-3-2-4-6-17/h7-10,13-14,17,25H,2-6,11-12H2,1H3,(H,24,27). The molecule has 2 aromatic rings. The van der Waals surface area contributed by atoms with Crippen LogP contribution in [0.4, 0.5) is 16.2 Å². The molecule has 0 bridgehead atoms.